The number of methoxy groups -OCH3 is 1. The Hall–Kier alpha value is -1.07. The van der Waals surface area contributed by atoms with Gasteiger partial charge in [0.25, 0.3) is 5.91 Å². The van der Waals surface area contributed by atoms with Gasteiger partial charge in [0.15, 0.2) is 0 Å². The highest BCUT2D eigenvalue weighted by Gasteiger charge is 2.23. The largest absolute Gasteiger partial charge is 0.496 e. The van der Waals surface area contributed by atoms with E-state index in [1.54, 1.807) is 7.11 Å². The van der Waals surface area contributed by atoms with Crippen molar-refractivity contribution in [3.05, 3.63) is 28.2 Å². The summed E-state index contributed by atoms with van der Waals surface area (Å²) >= 11 is 3.39. The molecule has 0 spiro atoms. The highest BCUT2D eigenvalue weighted by molar-refractivity contribution is 9.10. The molecule has 19 heavy (non-hydrogen) atoms. The SMILES string of the molecule is CCN1CCN(C(=O)c2ccc(Br)cc2OC)CC1. The van der Waals surface area contributed by atoms with Crippen LogP contribution < -0.4 is 4.74 Å². The lowest BCUT2D eigenvalue weighted by Gasteiger charge is -2.34. The number of amides is 1. The molecule has 0 unspecified atom stereocenters. The summed E-state index contributed by atoms with van der Waals surface area (Å²) < 4.78 is 6.21. The zero-order valence-corrected chi connectivity index (χ0v) is 12.9. The van der Waals surface area contributed by atoms with Gasteiger partial charge in [-0.1, -0.05) is 22.9 Å². The highest BCUT2D eigenvalue weighted by atomic mass is 79.9. The van der Waals surface area contributed by atoms with Crippen LogP contribution in [0.2, 0.25) is 0 Å². The maximum Gasteiger partial charge on any atom is 0.257 e. The van der Waals surface area contributed by atoms with E-state index in [-0.39, 0.29) is 5.91 Å². The van der Waals surface area contributed by atoms with Crippen LogP contribution >= 0.6 is 15.9 Å². The van der Waals surface area contributed by atoms with Crippen molar-refractivity contribution >= 4 is 21.8 Å². The molecule has 0 saturated carbocycles. The predicted molar refractivity (Wildman–Crippen MR) is 78.7 cm³/mol. The smallest absolute Gasteiger partial charge is 0.257 e. The first-order valence-corrected chi connectivity index (χ1v) is 7.30. The van der Waals surface area contributed by atoms with E-state index in [1.807, 2.05) is 23.1 Å². The summed E-state index contributed by atoms with van der Waals surface area (Å²) in [5, 5.41) is 0. The highest BCUT2D eigenvalue weighted by Crippen LogP contribution is 2.25. The number of rotatable bonds is 3. The van der Waals surface area contributed by atoms with Crippen LogP contribution in [-0.4, -0.2) is 55.5 Å². The van der Waals surface area contributed by atoms with E-state index < -0.39 is 0 Å². The summed E-state index contributed by atoms with van der Waals surface area (Å²) in [6.45, 7) is 6.65. The van der Waals surface area contributed by atoms with E-state index in [2.05, 4.69) is 27.8 Å². The van der Waals surface area contributed by atoms with Crippen LogP contribution in [0.3, 0.4) is 0 Å². The molecule has 1 saturated heterocycles. The van der Waals surface area contributed by atoms with Gasteiger partial charge in [-0.25, -0.2) is 0 Å². The van der Waals surface area contributed by atoms with E-state index in [4.69, 9.17) is 4.74 Å². The molecule has 0 aliphatic carbocycles. The Kier molecular flexibility index (Phi) is 4.82. The molecule has 104 valence electrons. The Morgan fingerprint density at radius 1 is 1.32 bits per heavy atom. The molecular formula is C14H19BrN2O2. The third-order valence-electron chi connectivity index (χ3n) is 3.50. The number of halogens is 1. The number of piperazine rings is 1. The standard InChI is InChI=1S/C14H19BrN2O2/c1-3-16-6-8-17(9-7-16)14(18)12-5-4-11(15)10-13(12)19-2/h4-5,10H,3,6-9H2,1-2H3. The maximum absolute atomic E-state index is 12.5. The van der Waals surface area contributed by atoms with Crippen molar-refractivity contribution in [2.45, 2.75) is 6.92 Å². The molecule has 1 aliphatic rings. The molecule has 4 nitrogen and oxygen atoms in total. The first kappa shape index (κ1) is 14.3. The Morgan fingerprint density at radius 2 is 2.00 bits per heavy atom. The fourth-order valence-corrected chi connectivity index (χ4v) is 2.62. The Bertz CT molecular complexity index is 457. The van der Waals surface area contributed by atoms with E-state index in [1.165, 1.54) is 0 Å². The Balaban J connectivity index is 2.12. The summed E-state index contributed by atoms with van der Waals surface area (Å²) in [5.41, 5.74) is 0.635. The molecular weight excluding hydrogens is 308 g/mol. The van der Waals surface area contributed by atoms with Gasteiger partial charge in [0.2, 0.25) is 0 Å². The molecule has 1 aromatic rings. The molecule has 1 aromatic carbocycles. The summed E-state index contributed by atoms with van der Waals surface area (Å²) in [5.74, 6) is 0.678. The average Bonchev–Trinajstić information content (AvgIpc) is 2.46. The predicted octanol–water partition coefficient (Wildman–Crippen LogP) is 2.24. The van der Waals surface area contributed by atoms with Crippen LogP contribution in [0.5, 0.6) is 5.75 Å². The quantitative estimate of drug-likeness (QED) is 0.854. The van der Waals surface area contributed by atoms with Crippen LogP contribution in [0.25, 0.3) is 0 Å². The van der Waals surface area contributed by atoms with Gasteiger partial charge < -0.3 is 14.5 Å². The second-order valence-corrected chi connectivity index (χ2v) is 5.49. The van der Waals surface area contributed by atoms with Gasteiger partial charge in [-0.15, -0.1) is 0 Å². The molecule has 0 atom stereocenters. The van der Waals surface area contributed by atoms with E-state index in [0.29, 0.717) is 11.3 Å². The van der Waals surface area contributed by atoms with Gasteiger partial charge in [-0.2, -0.15) is 0 Å². The topological polar surface area (TPSA) is 32.8 Å². The van der Waals surface area contributed by atoms with Gasteiger partial charge in [0.1, 0.15) is 5.75 Å². The molecule has 0 aromatic heterocycles. The molecule has 1 aliphatic heterocycles. The second kappa shape index (κ2) is 6.39. The van der Waals surface area contributed by atoms with Crippen LogP contribution in [0, 0.1) is 0 Å². The summed E-state index contributed by atoms with van der Waals surface area (Å²) in [6, 6.07) is 5.52. The minimum Gasteiger partial charge on any atom is -0.496 e. The van der Waals surface area contributed by atoms with Crippen molar-refractivity contribution in [3.63, 3.8) is 0 Å². The zero-order valence-electron chi connectivity index (χ0n) is 11.4. The van der Waals surface area contributed by atoms with E-state index in [9.17, 15) is 4.79 Å². The molecule has 1 heterocycles. The number of carbonyl (C=O) groups excluding carboxylic acids is 1. The third kappa shape index (κ3) is 3.28. The lowest BCUT2D eigenvalue weighted by atomic mass is 10.1. The monoisotopic (exact) mass is 326 g/mol. The first-order chi connectivity index (χ1) is 9.15. The summed E-state index contributed by atoms with van der Waals surface area (Å²) in [6.07, 6.45) is 0. The van der Waals surface area contributed by atoms with Gasteiger partial charge in [-0.3, -0.25) is 4.79 Å². The van der Waals surface area contributed by atoms with Crippen molar-refractivity contribution in [3.8, 4) is 5.75 Å². The van der Waals surface area contributed by atoms with E-state index in [0.717, 1.165) is 37.2 Å². The fourth-order valence-electron chi connectivity index (χ4n) is 2.28. The minimum absolute atomic E-state index is 0.0557. The average molecular weight is 327 g/mol. The molecule has 0 N–H and O–H groups in total. The normalized spacial score (nSPS) is 16.5. The van der Waals surface area contributed by atoms with Crippen LogP contribution in [0.4, 0.5) is 0 Å². The minimum atomic E-state index is 0.0557. The number of nitrogens with zero attached hydrogens (tertiary/aromatic N) is 2. The van der Waals surface area contributed by atoms with Crippen molar-refractivity contribution in [2.75, 3.05) is 39.8 Å². The van der Waals surface area contributed by atoms with Crippen LogP contribution in [0.1, 0.15) is 17.3 Å². The maximum atomic E-state index is 12.5. The second-order valence-electron chi connectivity index (χ2n) is 4.57. The van der Waals surface area contributed by atoms with Crippen molar-refractivity contribution in [1.82, 2.24) is 9.80 Å². The van der Waals surface area contributed by atoms with Crippen molar-refractivity contribution < 1.29 is 9.53 Å². The van der Waals surface area contributed by atoms with Gasteiger partial charge in [-0.05, 0) is 24.7 Å². The number of ether oxygens (including phenoxy) is 1. The number of benzene rings is 1. The van der Waals surface area contributed by atoms with Crippen LogP contribution in [0.15, 0.2) is 22.7 Å². The summed E-state index contributed by atoms with van der Waals surface area (Å²) in [7, 11) is 1.59. The molecule has 1 fully saturated rings. The molecule has 5 heteroatoms. The van der Waals surface area contributed by atoms with Crippen LogP contribution in [-0.2, 0) is 0 Å². The Morgan fingerprint density at radius 3 is 2.58 bits per heavy atom. The molecule has 1 amide bonds. The number of hydrogen-bond donors (Lipinski definition) is 0. The van der Waals surface area contributed by atoms with Crippen molar-refractivity contribution in [1.29, 1.82) is 0 Å². The van der Waals surface area contributed by atoms with Crippen molar-refractivity contribution in [2.24, 2.45) is 0 Å². The third-order valence-corrected chi connectivity index (χ3v) is 3.99. The molecule has 0 radical (unpaired) electrons. The Labute approximate surface area is 122 Å². The lowest BCUT2D eigenvalue weighted by molar-refractivity contribution is 0.0640. The zero-order chi connectivity index (χ0) is 13.8. The van der Waals surface area contributed by atoms with Gasteiger partial charge >= 0.3 is 0 Å². The number of carbonyl (C=O) groups is 1. The number of hydrogen-bond acceptors (Lipinski definition) is 3. The molecule has 0 bridgehead atoms. The fraction of sp³-hybridized carbons (Fsp3) is 0.500. The lowest BCUT2D eigenvalue weighted by Crippen LogP contribution is -2.48. The van der Waals surface area contributed by atoms with E-state index >= 15 is 0 Å². The van der Waals surface area contributed by atoms with Gasteiger partial charge in [0.05, 0.1) is 12.7 Å². The van der Waals surface area contributed by atoms with Gasteiger partial charge in [0, 0.05) is 30.7 Å². The first-order valence-electron chi connectivity index (χ1n) is 6.51. The number of likely N-dealkylation sites (N-methyl/N-ethyl adjacent to an activating group) is 1. The summed E-state index contributed by atoms with van der Waals surface area (Å²) in [4.78, 5) is 16.7. The molecule has 2 rings (SSSR count).